The van der Waals surface area contributed by atoms with Crippen molar-refractivity contribution in [3.05, 3.63) is 77.6 Å². The highest BCUT2D eigenvalue weighted by Gasteiger charge is 2.20. The van der Waals surface area contributed by atoms with Gasteiger partial charge in [0.15, 0.2) is 0 Å². The van der Waals surface area contributed by atoms with E-state index in [2.05, 4.69) is 44.3 Å². The van der Waals surface area contributed by atoms with E-state index in [1.165, 1.54) is 16.7 Å². The van der Waals surface area contributed by atoms with Crippen molar-refractivity contribution in [3.63, 3.8) is 0 Å². The third-order valence-corrected chi connectivity index (χ3v) is 5.08. The Morgan fingerprint density at radius 2 is 1.85 bits per heavy atom. The lowest BCUT2D eigenvalue weighted by Crippen LogP contribution is -2.19. The molecule has 0 aliphatic carbocycles. The van der Waals surface area contributed by atoms with E-state index in [1.54, 1.807) is 0 Å². The SMILES string of the molecule is Cc1nnc(NC(=O)C[C@H](c2cccc3ccccc23)n2cccc2)s1. The van der Waals surface area contributed by atoms with Gasteiger partial charge in [0.2, 0.25) is 11.0 Å². The van der Waals surface area contributed by atoms with Crippen LogP contribution in [0.15, 0.2) is 67.0 Å². The normalized spacial score (nSPS) is 12.2. The van der Waals surface area contributed by atoms with E-state index in [1.807, 2.05) is 49.6 Å². The Bertz CT molecular complexity index is 1030. The molecule has 2 aromatic carbocycles. The van der Waals surface area contributed by atoms with Crippen molar-refractivity contribution in [1.29, 1.82) is 0 Å². The molecule has 0 aliphatic rings. The molecule has 0 fully saturated rings. The van der Waals surface area contributed by atoms with Gasteiger partial charge in [-0.05, 0) is 35.4 Å². The van der Waals surface area contributed by atoms with Crippen LogP contribution in [-0.2, 0) is 4.79 Å². The molecular weight excluding hydrogens is 344 g/mol. The Labute approximate surface area is 155 Å². The summed E-state index contributed by atoms with van der Waals surface area (Å²) in [5.41, 5.74) is 1.13. The summed E-state index contributed by atoms with van der Waals surface area (Å²) in [6.45, 7) is 1.87. The zero-order valence-corrected chi connectivity index (χ0v) is 15.1. The number of fused-ring (bicyclic) bond motifs is 1. The summed E-state index contributed by atoms with van der Waals surface area (Å²) >= 11 is 1.38. The van der Waals surface area contributed by atoms with E-state index in [4.69, 9.17) is 0 Å². The van der Waals surface area contributed by atoms with Crippen molar-refractivity contribution in [2.24, 2.45) is 0 Å². The molecule has 1 N–H and O–H groups in total. The maximum Gasteiger partial charge on any atom is 0.228 e. The van der Waals surface area contributed by atoms with Crippen molar-refractivity contribution < 1.29 is 4.79 Å². The molecule has 0 saturated carbocycles. The van der Waals surface area contributed by atoms with Crippen LogP contribution in [0, 0.1) is 6.92 Å². The first-order valence-corrected chi connectivity index (χ1v) is 9.22. The quantitative estimate of drug-likeness (QED) is 0.572. The molecule has 2 aromatic heterocycles. The fraction of sp³-hybridized carbons (Fsp3) is 0.150. The van der Waals surface area contributed by atoms with Gasteiger partial charge >= 0.3 is 0 Å². The number of benzene rings is 2. The summed E-state index contributed by atoms with van der Waals surface area (Å²) in [6, 6.07) is 18.3. The number of anilines is 1. The first kappa shape index (κ1) is 16.5. The van der Waals surface area contributed by atoms with Gasteiger partial charge in [0.1, 0.15) is 5.01 Å². The number of hydrogen-bond acceptors (Lipinski definition) is 4. The van der Waals surface area contributed by atoms with E-state index >= 15 is 0 Å². The van der Waals surface area contributed by atoms with Crippen LogP contribution < -0.4 is 5.32 Å². The molecule has 0 radical (unpaired) electrons. The summed E-state index contributed by atoms with van der Waals surface area (Å²) in [5.74, 6) is -0.0761. The van der Waals surface area contributed by atoms with E-state index in [0.29, 0.717) is 11.6 Å². The van der Waals surface area contributed by atoms with Crippen LogP contribution in [0.25, 0.3) is 10.8 Å². The number of aryl methyl sites for hydroxylation is 1. The second-order valence-corrected chi connectivity index (χ2v) is 7.27. The second-order valence-electron chi connectivity index (χ2n) is 6.09. The van der Waals surface area contributed by atoms with Crippen LogP contribution in [0.4, 0.5) is 5.13 Å². The molecule has 0 bridgehead atoms. The highest BCUT2D eigenvalue weighted by molar-refractivity contribution is 7.15. The number of carbonyl (C=O) groups excluding carboxylic acids is 1. The average Bonchev–Trinajstić information content (AvgIpc) is 3.31. The Kier molecular flexibility index (Phi) is 4.50. The van der Waals surface area contributed by atoms with Gasteiger partial charge in [0.25, 0.3) is 0 Å². The monoisotopic (exact) mass is 362 g/mol. The van der Waals surface area contributed by atoms with Gasteiger partial charge < -0.3 is 9.88 Å². The number of nitrogens with zero attached hydrogens (tertiary/aromatic N) is 3. The number of aromatic nitrogens is 3. The largest absolute Gasteiger partial charge is 0.346 e. The van der Waals surface area contributed by atoms with Gasteiger partial charge in [-0.15, -0.1) is 10.2 Å². The van der Waals surface area contributed by atoms with Crippen LogP contribution in [0.1, 0.15) is 23.0 Å². The lowest BCUT2D eigenvalue weighted by Gasteiger charge is -2.21. The minimum absolute atomic E-state index is 0.0761. The third kappa shape index (κ3) is 3.36. The van der Waals surface area contributed by atoms with Gasteiger partial charge in [-0.3, -0.25) is 4.79 Å². The molecule has 0 spiro atoms. The standard InChI is InChI=1S/C20H18N4OS/c1-14-22-23-20(26-14)21-19(25)13-18(24-11-4-5-12-24)17-10-6-8-15-7-2-3-9-16(15)17/h2-12,18H,13H2,1H3,(H,21,23,25)/t18-/m1/s1. The Hall–Kier alpha value is -2.99. The molecule has 0 unspecified atom stereocenters. The van der Waals surface area contributed by atoms with Crippen LogP contribution >= 0.6 is 11.3 Å². The molecule has 0 saturated heterocycles. The maximum atomic E-state index is 12.7. The Morgan fingerprint density at radius 3 is 2.62 bits per heavy atom. The molecule has 4 aromatic rings. The second kappa shape index (κ2) is 7.09. The topological polar surface area (TPSA) is 59.8 Å². The van der Waals surface area contributed by atoms with Crippen molar-refractivity contribution in [2.45, 2.75) is 19.4 Å². The fourth-order valence-electron chi connectivity index (χ4n) is 3.17. The minimum Gasteiger partial charge on any atom is -0.346 e. The molecular formula is C20H18N4OS. The molecule has 26 heavy (non-hydrogen) atoms. The molecule has 1 atom stereocenters. The highest BCUT2D eigenvalue weighted by Crippen LogP contribution is 2.30. The third-order valence-electron chi connectivity index (χ3n) is 4.32. The predicted octanol–water partition coefficient (Wildman–Crippen LogP) is 4.42. The van der Waals surface area contributed by atoms with Crippen LogP contribution in [-0.4, -0.2) is 20.7 Å². The minimum atomic E-state index is -0.0925. The highest BCUT2D eigenvalue weighted by atomic mass is 32.1. The van der Waals surface area contributed by atoms with Crippen molar-refractivity contribution in [1.82, 2.24) is 14.8 Å². The summed E-state index contributed by atoms with van der Waals surface area (Å²) < 4.78 is 2.08. The average molecular weight is 362 g/mol. The number of nitrogens with one attached hydrogen (secondary N) is 1. The van der Waals surface area contributed by atoms with E-state index in [0.717, 1.165) is 16.0 Å². The van der Waals surface area contributed by atoms with E-state index < -0.39 is 0 Å². The number of amides is 1. The van der Waals surface area contributed by atoms with E-state index in [9.17, 15) is 4.79 Å². The van der Waals surface area contributed by atoms with Gasteiger partial charge in [-0.2, -0.15) is 0 Å². The number of hydrogen-bond donors (Lipinski definition) is 1. The summed E-state index contributed by atoms with van der Waals surface area (Å²) in [4.78, 5) is 12.7. The first-order valence-electron chi connectivity index (χ1n) is 8.41. The van der Waals surface area contributed by atoms with Crippen LogP contribution in [0.3, 0.4) is 0 Å². The van der Waals surface area contributed by atoms with Gasteiger partial charge in [0.05, 0.1) is 12.5 Å². The molecule has 4 rings (SSSR count). The number of carbonyl (C=O) groups is 1. The fourth-order valence-corrected chi connectivity index (χ4v) is 3.77. The van der Waals surface area contributed by atoms with Gasteiger partial charge in [-0.25, -0.2) is 0 Å². The van der Waals surface area contributed by atoms with E-state index in [-0.39, 0.29) is 11.9 Å². The molecule has 6 heteroatoms. The van der Waals surface area contributed by atoms with Crippen LogP contribution in [0.5, 0.6) is 0 Å². The van der Waals surface area contributed by atoms with Crippen molar-refractivity contribution in [2.75, 3.05) is 5.32 Å². The summed E-state index contributed by atoms with van der Waals surface area (Å²) in [5, 5.41) is 14.5. The predicted molar refractivity (Wildman–Crippen MR) is 104 cm³/mol. The van der Waals surface area contributed by atoms with Crippen molar-refractivity contribution >= 4 is 33.1 Å². The molecule has 2 heterocycles. The van der Waals surface area contributed by atoms with Crippen molar-refractivity contribution in [3.8, 4) is 0 Å². The van der Waals surface area contributed by atoms with Crippen LogP contribution in [0.2, 0.25) is 0 Å². The van der Waals surface area contributed by atoms with Gasteiger partial charge in [-0.1, -0.05) is 53.8 Å². The Balaban J connectivity index is 1.68. The lowest BCUT2D eigenvalue weighted by atomic mass is 9.96. The summed E-state index contributed by atoms with van der Waals surface area (Å²) in [6.07, 6.45) is 4.31. The van der Waals surface area contributed by atoms with Gasteiger partial charge in [0, 0.05) is 12.4 Å². The molecule has 5 nitrogen and oxygen atoms in total. The summed E-state index contributed by atoms with van der Waals surface area (Å²) in [7, 11) is 0. The maximum absolute atomic E-state index is 12.7. The first-order chi connectivity index (χ1) is 12.7. The Morgan fingerprint density at radius 1 is 1.08 bits per heavy atom. The number of rotatable bonds is 5. The lowest BCUT2D eigenvalue weighted by molar-refractivity contribution is -0.116. The zero-order chi connectivity index (χ0) is 17.9. The zero-order valence-electron chi connectivity index (χ0n) is 14.3. The molecule has 1 amide bonds. The molecule has 130 valence electrons. The smallest absolute Gasteiger partial charge is 0.228 e. The molecule has 0 aliphatic heterocycles.